The summed E-state index contributed by atoms with van der Waals surface area (Å²) in [6.07, 6.45) is 1.60. The molecule has 130 valence electrons. The van der Waals surface area contributed by atoms with Gasteiger partial charge in [-0.1, -0.05) is 48.2 Å². The average Bonchev–Trinajstić information content (AvgIpc) is 3.13. The maximum absolute atomic E-state index is 12.5. The van der Waals surface area contributed by atoms with Crippen molar-refractivity contribution in [1.82, 2.24) is 24.7 Å². The van der Waals surface area contributed by atoms with Gasteiger partial charge < -0.3 is 0 Å². The van der Waals surface area contributed by atoms with Crippen molar-refractivity contribution >= 4 is 22.7 Å². The van der Waals surface area contributed by atoms with E-state index < -0.39 is 0 Å². The first-order valence-electron chi connectivity index (χ1n) is 8.28. The van der Waals surface area contributed by atoms with Crippen LogP contribution in [0.15, 0.2) is 64.8 Å². The third-order valence-electron chi connectivity index (χ3n) is 4.16. The lowest BCUT2D eigenvalue weighted by Crippen LogP contribution is -2.21. The van der Waals surface area contributed by atoms with E-state index in [4.69, 9.17) is 0 Å². The first-order valence-corrected chi connectivity index (χ1v) is 9.26. The minimum atomic E-state index is -0.0215. The molecule has 1 N–H and O–H groups in total. The summed E-state index contributed by atoms with van der Waals surface area (Å²) >= 11 is 1.51. The Kier molecular flexibility index (Phi) is 4.53. The number of aromatic amines is 1. The third kappa shape index (κ3) is 3.25. The van der Waals surface area contributed by atoms with Gasteiger partial charge in [0.15, 0.2) is 5.82 Å². The number of thioether (sulfide) groups is 1. The van der Waals surface area contributed by atoms with Crippen LogP contribution in [0.4, 0.5) is 0 Å². The van der Waals surface area contributed by atoms with Gasteiger partial charge in [0, 0.05) is 17.9 Å². The summed E-state index contributed by atoms with van der Waals surface area (Å²) < 4.78 is 1.63. The summed E-state index contributed by atoms with van der Waals surface area (Å²) in [6.45, 7) is 2.60. The molecule has 0 saturated carbocycles. The molecule has 0 aliphatic heterocycles. The predicted octanol–water partition coefficient (Wildman–Crippen LogP) is 3.28. The molecule has 2 aromatic carbocycles. The van der Waals surface area contributed by atoms with Crippen molar-refractivity contribution in [3.05, 3.63) is 70.8 Å². The molecule has 0 amide bonds. The number of nitrogens with zero attached hydrogens (tertiary/aromatic N) is 4. The smallest absolute Gasteiger partial charge is 0.261 e. The lowest BCUT2D eigenvalue weighted by molar-refractivity contribution is 0.724. The van der Waals surface area contributed by atoms with Crippen LogP contribution in [-0.4, -0.2) is 30.5 Å². The largest absolute Gasteiger partial charge is 0.298 e. The number of hydrogen-bond acceptors (Lipinski definition) is 5. The molecule has 0 atom stereocenters. The van der Waals surface area contributed by atoms with Crippen LogP contribution >= 0.6 is 11.8 Å². The Bertz CT molecular complexity index is 1120. The van der Waals surface area contributed by atoms with Crippen molar-refractivity contribution in [3.63, 3.8) is 0 Å². The second-order valence-electron chi connectivity index (χ2n) is 5.89. The van der Waals surface area contributed by atoms with E-state index in [9.17, 15) is 4.79 Å². The van der Waals surface area contributed by atoms with Gasteiger partial charge in [-0.05, 0) is 24.6 Å². The lowest BCUT2D eigenvalue weighted by atomic mass is 10.1. The molecule has 0 bridgehead atoms. The minimum Gasteiger partial charge on any atom is -0.298 e. The maximum atomic E-state index is 12.5. The fourth-order valence-electron chi connectivity index (χ4n) is 2.77. The van der Waals surface area contributed by atoms with Gasteiger partial charge in [-0.25, -0.2) is 9.97 Å². The summed E-state index contributed by atoms with van der Waals surface area (Å²) in [4.78, 5) is 21.3. The molecule has 0 spiro atoms. The molecular formula is C19H17N5OS. The van der Waals surface area contributed by atoms with Crippen molar-refractivity contribution in [2.75, 3.05) is 5.75 Å². The predicted molar refractivity (Wildman–Crippen MR) is 103 cm³/mol. The molecule has 0 unspecified atom stereocenters. The lowest BCUT2D eigenvalue weighted by Gasteiger charge is -2.05. The Labute approximate surface area is 154 Å². The maximum Gasteiger partial charge on any atom is 0.261 e. The summed E-state index contributed by atoms with van der Waals surface area (Å²) in [5.41, 5.74) is 2.89. The van der Waals surface area contributed by atoms with Gasteiger partial charge in [0.1, 0.15) is 0 Å². The van der Waals surface area contributed by atoms with Gasteiger partial charge in [-0.15, -0.1) is 5.10 Å². The van der Waals surface area contributed by atoms with E-state index in [1.54, 1.807) is 17.0 Å². The van der Waals surface area contributed by atoms with Crippen LogP contribution in [0.25, 0.3) is 22.3 Å². The van der Waals surface area contributed by atoms with E-state index in [0.29, 0.717) is 22.8 Å². The Morgan fingerprint density at radius 2 is 1.92 bits per heavy atom. The molecule has 0 radical (unpaired) electrons. The van der Waals surface area contributed by atoms with Gasteiger partial charge >= 0.3 is 0 Å². The summed E-state index contributed by atoms with van der Waals surface area (Å²) in [7, 11) is 0. The van der Waals surface area contributed by atoms with E-state index in [1.807, 2.05) is 49.4 Å². The molecule has 4 aromatic rings. The van der Waals surface area contributed by atoms with Crippen LogP contribution in [0.1, 0.15) is 5.56 Å². The number of aryl methyl sites for hydroxylation is 2. The Morgan fingerprint density at radius 3 is 2.81 bits per heavy atom. The molecule has 7 heteroatoms. The van der Waals surface area contributed by atoms with Gasteiger partial charge in [-0.3, -0.25) is 14.5 Å². The Balaban J connectivity index is 1.45. The topological polar surface area (TPSA) is 76.5 Å². The van der Waals surface area contributed by atoms with E-state index in [2.05, 4.69) is 20.2 Å². The second-order valence-corrected chi connectivity index (χ2v) is 6.95. The quantitative estimate of drug-likeness (QED) is 0.551. The van der Waals surface area contributed by atoms with Crippen LogP contribution in [-0.2, 0) is 6.54 Å². The molecule has 6 nitrogen and oxygen atoms in total. The zero-order valence-corrected chi connectivity index (χ0v) is 15.0. The highest BCUT2D eigenvalue weighted by molar-refractivity contribution is 7.99. The molecule has 0 fully saturated rings. The number of benzene rings is 2. The number of hydrogen-bond donors (Lipinski definition) is 1. The fourth-order valence-corrected chi connectivity index (χ4v) is 3.51. The van der Waals surface area contributed by atoms with E-state index in [1.165, 1.54) is 11.8 Å². The van der Waals surface area contributed by atoms with Gasteiger partial charge in [0.05, 0.1) is 17.2 Å². The molecule has 0 saturated heterocycles. The number of nitrogens with one attached hydrogen (secondary N) is 1. The number of H-pyrrole nitrogens is 1. The Morgan fingerprint density at radius 1 is 1.12 bits per heavy atom. The van der Waals surface area contributed by atoms with Crippen LogP contribution in [0.2, 0.25) is 0 Å². The molecule has 4 rings (SSSR count). The van der Waals surface area contributed by atoms with Crippen LogP contribution in [0.5, 0.6) is 0 Å². The molecule has 26 heavy (non-hydrogen) atoms. The second kappa shape index (κ2) is 7.13. The summed E-state index contributed by atoms with van der Waals surface area (Å²) in [5, 5.41) is 8.56. The van der Waals surface area contributed by atoms with Crippen LogP contribution in [0, 0.1) is 6.92 Å². The van der Waals surface area contributed by atoms with Crippen molar-refractivity contribution < 1.29 is 0 Å². The monoisotopic (exact) mass is 363 g/mol. The minimum absolute atomic E-state index is 0.0215. The highest BCUT2D eigenvalue weighted by Gasteiger charge is 2.09. The van der Waals surface area contributed by atoms with E-state index >= 15 is 0 Å². The van der Waals surface area contributed by atoms with Crippen LogP contribution in [0.3, 0.4) is 0 Å². The molecular weight excluding hydrogens is 346 g/mol. The fraction of sp³-hybridized carbons (Fsp3) is 0.158. The SMILES string of the molecule is Cc1ccccc1-c1nc(SCCn2cnc3ccccc3c2=O)n[nH]1. The highest BCUT2D eigenvalue weighted by Crippen LogP contribution is 2.22. The zero-order chi connectivity index (χ0) is 17.9. The van der Waals surface area contributed by atoms with Crippen LogP contribution < -0.4 is 5.56 Å². The molecule has 0 aliphatic rings. The third-order valence-corrected chi connectivity index (χ3v) is 4.99. The van der Waals surface area contributed by atoms with Crippen molar-refractivity contribution in [3.8, 4) is 11.4 Å². The number of fused-ring (bicyclic) bond motifs is 1. The normalized spacial score (nSPS) is 11.1. The van der Waals surface area contributed by atoms with E-state index in [-0.39, 0.29) is 5.56 Å². The first-order chi connectivity index (χ1) is 12.7. The summed E-state index contributed by atoms with van der Waals surface area (Å²) in [5.74, 6) is 1.44. The average molecular weight is 363 g/mol. The van der Waals surface area contributed by atoms with Crippen molar-refractivity contribution in [2.24, 2.45) is 0 Å². The highest BCUT2D eigenvalue weighted by atomic mass is 32.2. The van der Waals surface area contributed by atoms with Crippen molar-refractivity contribution in [1.29, 1.82) is 0 Å². The number of rotatable bonds is 5. The van der Waals surface area contributed by atoms with Gasteiger partial charge in [0.25, 0.3) is 5.56 Å². The molecule has 0 aliphatic carbocycles. The standard InChI is InChI=1S/C19H17N5OS/c1-13-6-2-3-7-14(13)17-21-19(23-22-17)26-11-10-24-12-20-16-9-5-4-8-15(16)18(24)25/h2-9,12H,10-11H2,1H3,(H,21,22,23). The molecule has 2 aromatic heterocycles. The number of para-hydroxylation sites is 1. The zero-order valence-electron chi connectivity index (χ0n) is 14.2. The first kappa shape index (κ1) is 16.5. The van der Waals surface area contributed by atoms with Gasteiger partial charge in [-0.2, -0.15) is 0 Å². The van der Waals surface area contributed by atoms with Gasteiger partial charge in [0.2, 0.25) is 5.16 Å². The molecule has 2 heterocycles. The van der Waals surface area contributed by atoms with Crippen molar-refractivity contribution in [2.45, 2.75) is 18.6 Å². The summed E-state index contributed by atoms with van der Waals surface area (Å²) in [6, 6.07) is 15.4. The number of aromatic nitrogens is 5. The van der Waals surface area contributed by atoms with E-state index in [0.717, 1.165) is 22.5 Å². The Hall–Kier alpha value is -2.93.